The van der Waals surface area contributed by atoms with Crippen molar-refractivity contribution in [2.45, 2.75) is 19.4 Å². The quantitative estimate of drug-likeness (QED) is 0.603. The molecule has 0 aliphatic rings. The third kappa shape index (κ3) is 6.28. The van der Waals surface area contributed by atoms with Crippen molar-refractivity contribution in [3.8, 4) is 0 Å². The highest BCUT2D eigenvalue weighted by atomic mass is 127. The minimum Gasteiger partial charge on any atom is -0.328 e. The number of nitrogens with one attached hydrogen (secondary N) is 1. The number of benzene rings is 1. The van der Waals surface area contributed by atoms with Crippen LogP contribution < -0.4 is 11.1 Å². The monoisotopic (exact) mass is 364 g/mol. The van der Waals surface area contributed by atoms with Gasteiger partial charge < -0.3 is 11.1 Å². The topological polar surface area (TPSA) is 55.1 Å². The second kappa shape index (κ2) is 7.94. The summed E-state index contributed by atoms with van der Waals surface area (Å²) in [6.45, 7) is 1.98. The summed E-state index contributed by atoms with van der Waals surface area (Å²) in [5, 5.41) is 2.90. The first-order valence-corrected chi connectivity index (χ1v) is 7.70. The van der Waals surface area contributed by atoms with Gasteiger partial charge in [0.05, 0.1) is 11.4 Å². The zero-order valence-electron chi connectivity index (χ0n) is 9.78. The highest BCUT2D eigenvalue weighted by molar-refractivity contribution is 14.1. The van der Waals surface area contributed by atoms with Crippen molar-refractivity contribution in [2.75, 3.05) is 16.8 Å². The minimum atomic E-state index is 0.0452. The number of halogens is 1. The van der Waals surface area contributed by atoms with E-state index in [-0.39, 0.29) is 11.9 Å². The van der Waals surface area contributed by atoms with Gasteiger partial charge in [-0.3, -0.25) is 4.79 Å². The van der Waals surface area contributed by atoms with Crippen molar-refractivity contribution in [3.63, 3.8) is 0 Å². The number of carbonyl (C=O) groups excluding carboxylic acids is 1. The maximum absolute atomic E-state index is 11.6. The second-order valence-corrected chi connectivity index (χ2v) is 6.11. The molecule has 1 rings (SSSR count). The SMILES string of the molecule is CC(N)CCSCC(=O)Nc1ccccc1I. The molecule has 1 atom stereocenters. The van der Waals surface area contributed by atoms with Crippen molar-refractivity contribution in [2.24, 2.45) is 5.73 Å². The Bertz CT molecular complexity index is 371. The first kappa shape index (κ1) is 14.8. The van der Waals surface area contributed by atoms with E-state index in [9.17, 15) is 4.79 Å². The molecular weight excluding hydrogens is 347 g/mol. The molecule has 17 heavy (non-hydrogen) atoms. The standard InChI is InChI=1S/C12H17IN2OS/c1-9(14)6-7-17-8-12(16)15-11-5-3-2-4-10(11)13/h2-5,9H,6-8,14H2,1H3,(H,15,16). The fourth-order valence-electron chi connectivity index (χ4n) is 1.18. The van der Waals surface area contributed by atoms with Crippen LogP contribution in [0, 0.1) is 3.57 Å². The lowest BCUT2D eigenvalue weighted by molar-refractivity contribution is -0.113. The number of hydrogen-bond acceptors (Lipinski definition) is 3. The summed E-state index contributed by atoms with van der Waals surface area (Å²) in [4.78, 5) is 11.6. The van der Waals surface area contributed by atoms with E-state index in [1.807, 2.05) is 31.2 Å². The second-order valence-electron chi connectivity index (χ2n) is 3.85. The van der Waals surface area contributed by atoms with Gasteiger partial charge >= 0.3 is 0 Å². The van der Waals surface area contributed by atoms with E-state index in [0.29, 0.717) is 5.75 Å². The van der Waals surface area contributed by atoms with Crippen LogP contribution in [0.1, 0.15) is 13.3 Å². The molecule has 0 heterocycles. The van der Waals surface area contributed by atoms with Gasteiger partial charge in [0.1, 0.15) is 0 Å². The Kier molecular flexibility index (Phi) is 6.91. The first-order chi connectivity index (χ1) is 8.09. The summed E-state index contributed by atoms with van der Waals surface area (Å²) in [7, 11) is 0. The van der Waals surface area contributed by atoms with Gasteiger partial charge in [-0.1, -0.05) is 12.1 Å². The highest BCUT2D eigenvalue weighted by Gasteiger charge is 2.05. The van der Waals surface area contributed by atoms with Gasteiger partial charge in [-0.25, -0.2) is 0 Å². The molecule has 1 unspecified atom stereocenters. The Morgan fingerprint density at radius 3 is 2.88 bits per heavy atom. The molecule has 0 aliphatic carbocycles. The van der Waals surface area contributed by atoms with E-state index in [2.05, 4.69) is 27.9 Å². The van der Waals surface area contributed by atoms with E-state index >= 15 is 0 Å². The third-order valence-corrected chi connectivity index (χ3v) is 4.03. The predicted octanol–water partition coefficient (Wildman–Crippen LogP) is 2.70. The van der Waals surface area contributed by atoms with Crippen LogP contribution in [0.5, 0.6) is 0 Å². The molecule has 1 aromatic carbocycles. The molecule has 0 aliphatic heterocycles. The molecule has 0 aromatic heterocycles. The van der Waals surface area contributed by atoms with Crippen molar-refractivity contribution in [1.29, 1.82) is 0 Å². The summed E-state index contributed by atoms with van der Waals surface area (Å²) in [6.07, 6.45) is 0.945. The van der Waals surface area contributed by atoms with Gasteiger partial charge in [0.15, 0.2) is 0 Å². The average Bonchev–Trinajstić information content (AvgIpc) is 2.27. The highest BCUT2D eigenvalue weighted by Crippen LogP contribution is 2.17. The third-order valence-electron chi connectivity index (χ3n) is 2.10. The van der Waals surface area contributed by atoms with Crippen molar-refractivity contribution in [3.05, 3.63) is 27.8 Å². The van der Waals surface area contributed by atoms with Gasteiger partial charge in [0, 0.05) is 9.61 Å². The Hall–Kier alpha value is -0.270. The van der Waals surface area contributed by atoms with Gasteiger partial charge in [0.2, 0.25) is 5.91 Å². The van der Waals surface area contributed by atoms with Crippen LogP contribution in [0.3, 0.4) is 0 Å². The number of rotatable bonds is 6. The number of thioether (sulfide) groups is 1. The van der Waals surface area contributed by atoms with Gasteiger partial charge in [-0.05, 0) is 53.8 Å². The summed E-state index contributed by atoms with van der Waals surface area (Å²) < 4.78 is 1.05. The van der Waals surface area contributed by atoms with Gasteiger partial charge in [0.25, 0.3) is 0 Å². The average molecular weight is 364 g/mol. The molecule has 94 valence electrons. The van der Waals surface area contributed by atoms with E-state index in [1.165, 1.54) is 0 Å². The Morgan fingerprint density at radius 2 is 2.24 bits per heavy atom. The largest absolute Gasteiger partial charge is 0.328 e. The van der Waals surface area contributed by atoms with E-state index in [1.54, 1.807) is 11.8 Å². The molecule has 0 saturated carbocycles. The van der Waals surface area contributed by atoms with Gasteiger partial charge in [-0.2, -0.15) is 11.8 Å². The van der Waals surface area contributed by atoms with Crippen molar-refractivity contribution in [1.82, 2.24) is 0 Å². The molecule has 1 aromatic rings. The molecule has 0 bridgehead atoms. The summed E-state index contributed by atoms with van der Waals surface area (Å²) in [6, 6.07) is 7.96. The molecule has 0 spiro atoms. The maximum atomic E-state index is 11.6. The first-order valence-electron chi connectivity index (χ1n) is 5.47. The van der Waals surface area contributed by atoms with E-state index in [4.69, 9.17) is 5.73 Å². The van der Waals surface area contributed by atoms with Gasteiger partial charge in [-0.15, -0.1) is 0 Å². The van der Waals surface area contributed by atoms with Crippen molar-refractivity contribution < 1.29 is 4.79 Å². The Labute approximate surface area is 120 Å². The van der Waals surface area contributed by atoms with Crippen LogP contribution in [-0.2, 0) is 4.79 Å². The molecule has 0 saturated heterocycles. The molecule has 3 nitrogen and oxygen atoms in total. The number of anilines is 1. The molecule has 1 amide bonds. The number of carbonyl (C=O) groups is 1. The van der Waals surface area contributed by atoms with E-state index < -0.39 is 0 Å². The summed E-state index contributed by atoms with van der Waals surface area (Å²) in [5.74, 6) is 1.46. The van der Waals surface area contributed by atoms with Crippen LogP contribution >= 0.6 is 34.4 Å². The number of nitrogens with two attached hydrogens (primary N) is 1. The molecule has 0 radical (unpaired) electrons. The van der Waals surface area contributed by atoms with Crippen LogP contribution in [0.2, 0.25) is 0 Å². The normalized spacial score (nSPS) is 12.2. The Morgan fingerprint density at radius 1 is 1.53 bits per heavy atom. The lowest BCUT2D eigenvalue weighted by atomic mass is 10.3. The maximum Gasteiger partial charge on any atom is 0.234 e. The number of hydrogen-bond donors (Lipinski definition) is 2. The van der Waals surface area contributed by atoms with Crippen LogP contribution in [0.25, 0.3) is 0 Å². The number of amides is 1. The molecule has 3 N–H and O–H groups in total. The zero-order valence-corrected chi connectivity index (χ0v) is 12.8. The molecule has 0 fully saturated rings. The summed E-state index contributed by atoms with van der Waals surface area (Å²) in [5.41, 5.74) is 6.52. The molecule has 5 heteroatoms. The van der Waals surface area contributed by atoms with Crippen molar-refractivity contribution >= 4 is 45.9 Å². The lowest BCUT2D eigenvalue weighted by Gasteiger charge is -2.07. The fraction of sp³-hybridized carbons (Fsp3) is 0.417. The molecular formula is C12H17IN2OS. The number of para-hydroxylation sites is 1. The van der Waals surface area contributed by atoms with E-state index in [0.717, 1.165) is 21.4 Å². The fourth-order valence-corrected chi connectivity index (χ4v) is 2.65. The lowest BCUT2D eigenvalue weighted by Crippen LogP contribution is -2.18. The predicted molar refractivity (Wildman–Crippen MR) is 83.4 cm³/mol. The summed E-state index contributed by atoms with van der Waals surface area (Å²) >= 11 is 3.83. The minimum absolute atomic E-state index is 0.0452. The van der Waals surface area contributed by atoms with Crippen LogP contribution in [0.4, 0.5) is 5.69 Å². The Balaban J connectivity index is 2.28. The zero-order chi connectivity index (χ0) is 12.7. The van der Waals surface area contributed by atoms with Crippen LogP contribution in [0.15, 0.2) is 24.3 Å². The smallest absolute Gasteiger partial charge is 0.234 e. The van der Waals surface area contributed by atoms with Crippen LogP contribution in [-0.4, -0.2) is 23.5 Å².